The van der Waals surface area contributed by atoms with Crippen LogP contribution in [0.15, 0.2) is 60.7 Å². The van der Waals surface area contributed by atoms with E-state index in [1.54, 1.807) is 18.2 Å². The van der Waals surface area contributed by atoms with Gasteiger partial charge in [-0.25, -0.2) is 4.79 Å². The first-order chi connectivity index (χ1) is 10.7. The van der Waals surface area contributed by atoms with E-state index in [1.165, 1.54) is 0 Å². The molecule has 2 rings (SSSR count). The molecule has 0 heterocycles. The Kier molecular flexibility index (Phi) is 6.05. The van der Waals surface area contributed by atoms with Crippen molar-refractivity contribution < 1.29 is 14.6 Å². The van der Waals surface area contributed by atoms with Crippen molar-refractivity contribution in [2.24, 2.45) is 0 Å². The number of rotatable bonds is 6. The van der Waals surface area contributed by atoms with E-state index in [1.807, 2.05) is 48.6 Å². The van der Waals surface area contributed by atoms with Crippen LogP contribution < -0.4 is 5.32 Å². The van der Waals surface area contributed by atoms with Crippen molar-refractivity contribution >= 4 is 12.2 Å². The quantitative estimate of drug-likeness (QED) is 0.799. The fourth-order valence-corrected chi connectivity index (χ4v) is 1.88. The zero-order valence-corrected chi connectivity index (χ0v) is 12.2. The summed E-state index contributed by atoms with van der Waals surface area (Å²) in [7, 11) is 0. The lowest BCUT2D eigenvalue weighted by Crippen LogP contribution is -2.24. The average molecular weight is 297 g/mol. The van der Waals surface area contributed by atoms with E-state index in [9.17, 15) is 9.90 Å². The third-order valence-electron chi connectivity index (χ3n) is 2.97. The molecule has 2 aromatic rings. The number of benzene rings is 2. The molecule has 2 N–H and O–H groups in total. The Balaban J connectivity index is 1.63. The van der Waals surface area contributed by atoms with Crippen molar-refractivity contribution in [1.82, 2.24) is 5.32 Å². The predicted molar refractivity (Wildman–Crippen MR) is 86.4 cm³/mol. The first-order valence-electron chi connectivity index (χ1n) is 7.14. The second-order valence-corrected chi connectivity index (χ2v) is 4.77. The topological polar surface area (TPSA) is 58.6 Å². The van der Waals surface area contributed by atoms with Gasteiger partial charge in [0.05, 0.1) is 0 Å². The third kappa shape index (κ3) is 5.71. The van der Waals surface area contributed by atoms with Gasteiger partial charge >= 0.3 is 6.09 Å². The van der Waals surface area contributed by atoms with Crippen LogP contribution in [0.5, 0.6) is 5.75 Å². The molecule has 0 spiro atoms. The molecular weight excluding hydrogens is 278 g/mol. The average Bonchev–Trinajstić information content (AvgIpc) is 2.54. The minimum absolute atomic E-state index is 0.241. The van der Waals surface area contributed by atoms with Gasteiger partial charge in [-0.15, -0.1) is 0 Å². The fourth-order valence-electron chi connectivity index (χ4n) is 1.88. The number of hydrogen-bond donors (Lipinski definition) is 2. The molecule has 0 bridgehead atoms. The first-order valence-corrected chi connectivity index (χ1v) is 7.14. The minimum atomic E-state index is -0.422. The van der Waals surface area contributed by atoms with Gasteiger partial charge in [-0.05, 0) is 29.7 Å². The van der Waals surface area contributed by atoms with Crippen molar-refractivity contribution in [2.75, 3.05) is 6.54 Å². The van der Waals surface area contributed by atoms with Gasteiger partial charge < -0.3 is 15.2 Å². The van der Waals surface area contributed by atoms with E-state index in [2.05, 4.69) is 5.32 Å². The molecule has 114 valence electrons. The van der Waals surface area contributed by atoms with Crippen molar-refractivity contribution in [3.63, 3.8) is 0 Å². The number of aromatic hydroxyl groups is 1. The van der Waals surface area contributed by atoms with Crippen LogP contribution in [-0.4, -0.2) is 17.7 Å². The molecule has 0 fully saturated rings. The van der Waals surface area contributed by atoms with Crippen LogP contribution in [0, 0.1) is 0 Å². The van der Waals surface area contributed by atoms with Crippen molar-refractivity contribution in [3.8, 4) is 5.75 Å². The summed E-state index contributed by atoms with van der Waals surface area (Å²) in [6, 6.07) is 16.5. The molecule has 1 amide bonds. The monoisotopic (exact) mass is 297 g/mol. The molecule has 0 unspecified atom stereocenters. The highest BCUT2D eigenvalue weighted by Crippen LogP contribution is 2.12. The Morgan fingerprint density at radius 1 is 1.14 bits per heavy atom. The van der Waals surface area contributed by atoms with Gasteiger partial charge in [0, 0.05) is 6.54 Å². The number of nitrogens with one attached hydrogen (secondary N) is 1. The minimum Gasteiger partial charge on any atom is -0.508 e. The summed E-state index contributed by atoms with van der Waals surface area (Å²) in [5, 5.41) is 12.0. The van der Waals surface area contributed by atoms with Crippen LogP contribution in [0.1, 0.15) is 17.5 Å². The van der Waals surface area contributed by atoms with Gasteiger partial charge in [0.15, 0.2) is 0 Å². The maximum Gasteiger partial charge on any atom is 0.407 e. The number of ether oxygens (including phenoxy) is 1. The van der Waals surface area contributed by atoms with E-state index in [4.69, 9.17) is 4.74 Å². The summed E-state index contributed by atoms with van der Waals surface area (Å²) in [5.41, 5.74) is 1.88. The summed E-state index contributed by atoms with van der Waals surface area (Å²) < 4.78 is 5.10. The van der Waals surface area contributed by atoms with Gasteiger partial charge in [0.2, 0.25) is 0 Å². The summed E-state index contributed by atoms with van der Waals surface area (Å²) >= 11 is 0. The van der Waals surface area contributed by atoms with Crippen LogP contribution in [0.2, 0.25) is 0 Å². The zero-order chi connectivity index (χ0) is 15.6. The summed E-state index contributed by atoms with van der Waals surface area (Å²) in [4.78, 5) is 11.5. The number of phenols is 1. The predicted octanol–water partition coefficient (Wildman–Crippen LogP) is 3.72. The van der Waals surface area contributed by atoms with Crippen LogP contribution in [0.4, 0.5) is 4.79 Å². The van der Waals surface area contributed by atoms with Crippen molar-refractivity contribution in [1.29, 1.82) is 0 Å². The van der Waals surface area contributed by atoms with E-state index >= 15 is 0 Å². The van der Waals surface area contributed by atoms with Crippen LogP contribution in [0.25, 0.3) is 6.08 Å². The third-order valence-corrected chi connectivity index (χ3v) is 2.97. The molecule has 0 saturated carbocycles. The van der Waals surface area contributed by atoms with E-state index in [0.717, 1.165) is 11.1 Å². The first kappa shape index (κ1) is 15.6. The van der Waals surface area contributed by atoms with E-state index < -0.39 is 6.09 Å². The van der Waals surface area contributed by atoms with Crippen molar-refractivity contribution in [2.45, 2.75) is 13.0 Å². The standard InChI is InChI=1S/C18H19NO3/c20-17-11-6-10-15(13-17)7-4-5-12-19-18(21)22-14-16-8-2-1-3-9-16/h1-4,6-11,13,20H,5,12,14H2,(H,19,21). The molecule has 0 saturated heterocycles. The van der Waals surface area contributed by atoms with Gasteiger partial charge in [-0.2, -0.15) is 0 Å². The molecule has 0 aliphatic carbocycles. The molecule has 22 heavy (non-hydrogen) atoms. The smallest absolute Gasteiger partial charge is 0.407 e. The lowest BCUT2D eigenvalue weighted by Gasteiger charge is -2.05. The highest BCUT2D eigenvalue weighted by molar-refractivity contribution is 5.67. The Morgan fingerprint density at radius 2 is 1.95 bits per heavy atom. The largest absolute Gasteiger partial charge is 0.508 e. The Morgan fingerprint density at radius 3 is 2.73 bits per heavy atom. The van der Waals surface area contributed by atoms with Crippen LogP contribution >= 0.6 is 0 Å². The SMILES string of the molecule is O=C(NCCC=Cc1cccc(O)c1)OCc1ccccc1. The van der Waals surface area contributed by atoms with E-state index in [0.29, 0.717) is 13.0 Å². The van der Waals surface area contributed by atoms with Crippen molar-refractivity contribution in [3.05, 3.63) is 71.8 Å². The maximum atomic E-state index is 11.5. The highest BCUT2D eigenvalue weighted by atomic mass is 16.5. The van der Waals surface area contributed by atoms with E-state index in [-0.39, 0.29) is 12.4 Å². The fraction of sp³-hybridized carbons (Fsp3) is 0.167. The molecule has 4 nitrogen and oxygen atoms in total. The van der Waals surface area contributed by atoms with Gasteiger partial charge in [-0.3, -0.25) is 0 Å². The second-order valence-electron chi connectivity index (χ2n) is 4.77. The normalized spacial score (nSPS) is 10.5. The summed E-state index contributed by atoms with van der Waals surface area (Å²) in [5.74, 6) is 0.241. The van der Waals surface area contributed by atoms with Gasteiger partial charge in [0.1, 0.15) is 12.4 Å². The van der Waals surface area contributed by atoms with Gasteiger partial charge in [-0.1, -0.05) is 54.6 Å². The molecule has 4 heteroatoms. The number of alkyl carbamates (subject to hydrolysis) is 1. The van der Waals surface area contributed by atoms with Gasteiger partial charge in [0.25, 0.3) is 0 Å². The molecule has 0 aliphatic rings. The number of phenolic OH excluding ortho intramolecular Hbond substituents is 1. The Bertz CT molecular complexity index is 623. The Hall–Kier alpha value is -2.75. The molecule has 0 aliphatic heterocycles. The molecule has 2 aromatic carbocycles. The number of carbonyl (C=O) groups excluding carboxylic acids is 1. The summed E-state index contributed by atoms with van der Waals surface area (Å²) in [6.45, 7) is 0.773. The van der Waals surface area contributed by atoms with Crippen LogP contribution in [0.3, 0.4) is 0 Å². The lowest BCUT2D eigenvalue weighted by molar-refractivity contribution is 0.140. The Labute approximate surface area is 130 Å². The molecule has 0 radical (unpaired) electrons. The zero-order valence-electron chi connectivity index (χ0n) is 12.2. The number of carbonyl (C=O) groups is 1. The molecule has 0 atom stereocenters. The lowest BCUT2D eigenvalue weighted by atomic mass is 10.2. The second kappa shape index (κ2) is 8.52. The van der Waals surface area contributed by atoms with Crippen LogP contribution in [-0.2, 0) is 11.3 Å². The maximum absolute atomic E-state index is 11.5. The molecular formula is C18H19NO3. The number of hydrogen-bond acceptors (Lipinski definition) is 3. The molecule has 0 aromatic heterocycles. The highest BCUT2D eigenvalue weighted by Gasteiger charge is 2.00. The number of amides is 1. The summed E-state index contributed by atoms with van der Waals surface area (Å²) in [6.07, 6.45) is 4.11.